The number of allylic oxidation sites excluding steroid dienone is 1. The minimum Gasteiger partial charge on any atom is -0.451 e. The van der Waals surface area contributed by atoms with Crippen LogP contribution in [0.1, 0.15) is 50.1 Å². The molecule has 1 unspecified atom stereocenters. The molecule has 0 bridgehead atoms. The highest BCUT2D eigenvalue weighted by atomic mass is 32.2. The van der Waals surface area contributed by atoms with E-state index in [9.17, 15) is 32.0 Å². The van der Waals surface area contributed by atoms with E-state index in [-0.39, 0.29) is 43.1 Å². The number of nitrogens with one attached hydrogen (secondary N) is 2. The van der Waals surface area contributed by atoms with Gasteiger partial charge in [0.15, 0.2) is 17.3 Å². The summed E-state index contributed by atoms with van der Waals surface area (Å²) in [6, 6.07) is 2.24. The van der Waals surface area contributed by atoms with Crippen LogP contribution in [-0.2, 0) is 24.4 Å². The van der Waals surface area contributed by atoms with E-state index in [1.165, 1.54) is 30.3 Å². The van der Waals surface area contributed by atoms with Crippen molar-refractivity contribution in [3.63, 3.8) is 0 Å². The summed E-state index contributed by atoms with van der Waals surface area (Å²) in [5.41, 5.74) is 0.246. The normalized spacial score (nSPS) is 19.1. The summed E-state index contributed by atoms with van der Waals surface area (Å²) in [5.74, 6) is -4.17. The molecule has 2 aliphatic heterocycles. The number of ketones is 2. The highest BCUT2D eigenvalue weighted by Gasteiger charge is 2.46. The van der Waals surface area contributed by atoms with Crippen molar-refractivity contribution < 1.29 is 36.4 Å². The Kier molecular flexibility index (Phi) is 8.40. The third-order valence-corrected chi connectivity index (χ3v) is 8.13. The fraction of sp³-hybridized carbons (Fsp3) is 0.423. The second kappa shape index (κ2) is 11.6. The van der Waals surface area contributed by atoms with Gasteiger partial charge in [0.1, 0.15) is 23.5 Å². The van der Waals surface area contributed by atoms with E-state index in [0.29, 0.717) is 22.7 Å². The van der Waals surface area contributed by atoms with Gasteiger partial charge in [-0.2, -0.15) is 8.42 Å². The Hall–Kier alpha value is -3.71. The first kappa shape index (κ1) is 28.3. The summed E-state index contributed by atoms with van der Waals surface area (Å²) in [4.78, 5) is 56.4. The number of rotatable bonds is 6. The highest BCUT2D eigenvalue weighted by molar-refractivity contribution is 8.06. The summed E-state index contributed by atoms with van der Waals surface area (Å²) in [6.07, 6.45) is 2.77. The van der Waals surface area contributed by atoms with Gasteiger partial charge in [-0.25, -0.2) is 13.7 Å². The first-order valence-corrected chi connectivity index (χ1v) is 14.0. The summed E-state index contributed by atoms with van der Waals surface area (Å²) < 4.78 is 47.1. The SMILES string of the molecule is CC(C)CC(NC(=O)c1cc2cc(F)ccc2o1)C(=O)N([C@H]1CCCNCC1=O)S(=O)(=O)C1=NC=CCC1=O. The number of fused-ring (bicyclic) bond motifs is 1. The second-order valence-corrected chi connectivity index (χ2v) is 11.6. The number of nitrogens with zero attached hydrogens (tertiary/aromatic N) is 2. The fourth-order valence-corrected chi connectivity index (χ4v) is 6.22. The molecular weight excluding hydrogens is 531 g/mol. The second-order valence-electron chi connectivity index (χ2n) is 9.83. The van der Waals surface area contributed by atoms with Crippen LogP contribution in [0.25, 0.3) is 11.0 Å². The van der Waals surface area contributed by atoms with Gasteiger partial charge in [-0.3, -0.25) is 19.2 Å². The largest absolute Gasteiger partial charge is 0.451 e. The monoisotopic (exact) mass is 560 g/mol. The van der Waals surface area contributed by atoms with E-state index in [1.54, 1.807) is 13.8 Å². The number of benzene rings is 1. The summed E-state index contributed by atoms with van der Waals surface area (Å²) in [5, 5.41) is 4.91. The summed E-state index contributed by atoms with van der Waals surface area (Å²) in [7, 11) is -4.86. The highest BCUT2D eigenvalue weighted by Crippen LogP contribution is 2.24. The molecule has 4 rings (SSSR count). The maximum atomic E-state index is 14.0. The maximum Gasteiger partial charge on any atom is 0.288 e. The Morgan fingerprint density at radius 3 is 2.74 bits per heavy atom. The average Bonchev–Trinajstić information content (AvgIpc) is 3.19. The first-order chi connectivity index (χ1) is 18.5. The van der Waals surface area contributed by atoms with Crippen LogP contribution in [0.2, 0.25) is 0 Å². The molecule has 3 heterocycles. The van der Waals surface area contributed by atoms with E-state index >= 15 is 0 Å². The van der Waals surface area contributed by atoms with Crippen LogP contribution in [0.5, 0.6) is 0 Å². The molecule has 39 heavy (non-hydrogen) atoms. The van der Waals surface area contributed by atoms with E-state index in [2.05, 4.69) is 15.6 Å². The lowest BCUT2D eigenvalue weighted by atomic mass is 10.0. The van der Waals surface area contributed by atoms with Gasteiger partial charge in [0.25, 0.3) is 21.8 Å². The smallest absolute Gasteiger partial charge is 0.288 e. The molecule has 0 radical (unpaired) electrons. The van der Waals surface area contributed by atoms with Crippen LogP contribution in [0.15, 0.2) is 46.0 Å². The molecule has 13 heteroatoms. The summed E-state index contributed by atoms with van der Waals surface area (Å²) >= 11 is 0. The van der Waals surface area contributed by atoms with Crippen molar-refractivity contribution in [3.05, 3.63) is 48.1 Å². The van der Waals surface area contributed by atoms with Crippen molar-refractivity contribution in [1.29, 1.82) is 0 Å². The van der Waals surface area contributed by atoms with Crippen LogP contribution in [0, 0.1) is 11.7 Å². The first-order valence-electron chi connectivity index (χ1n) is 12.6. The molecular formula is C26H29FN4O7S. The molecule has 1 aromatic carbocycles. The van der Waals surface area contributed by atoms with Crippen molar-refractivity contribution in [3.8, 4) is 0 Å². The minimum atomic E-state index is -4.86. The Morgan fingerprint density at radius 1 is 1.26 bits per heavy atom. The van der Waals surface area contributed by atoms with Crippen molar-refractivity contribution in [2.45, 2.75) is 51.6 Å². The van der Waals surface area contributed by atoms with Gasteiger partial charge in [0.2, 0.25) is 5.04 Å². The van der Waals surface area contributed by atoms with Crippen LogP contribution < -0.4 is 10.6 Å². The molecule has 2 atom stereocenters. The molecule has 0 spiro atoms. The van der Waals surface area contributed by atoms with E-state index in [1.807, 2.05) is 0 Å². The standard InChI is InChI=1S/C26H29FN4O7S/c1-15(2)11-18(30-24(34)23-13-16-12-17(27)7-8-22(16)38-23)26(35)31(19-5-3-9-28-14-21(19)33)39(36,37)25-20(32)6-4-10-29-25/h4,7-8,10,12-13,15,18-19,28H,3,5-6,9,11,14H2,1-2H3,(H,30,34)/t18?,19-/m0/s1. The van der Waals surface area contributed by atoms with Gasteiger partial charge in [-0.15, -0.1) is 0 Å². The van der Waals surface area contributed by atoms with Gasteiger partial charge >= 0.3 is 0 Å². The lowest BCUT2D eigenvalue weighted by molar-refractivity contribution is -0.135. The number of carbonyl (C=O) groups is 4. The zero-order valence-corrected chi connectivity index (χ0v) is 22.3. The van der Waals surface area contributed by atoms with Gasteiger partial charge in [-0.1, -0.05) is 19.9 Å². The van der Waals surface area contributed by atoms with Gasteiger partial charge < -0.3 is 15.1 Å². The molecule has 0 aliphatic carbocycles. The Labute approximate surface area is 224 Å². The molecule has 1 saturated heterocycles. The topological polar surface area (TPSA) is 155 Å². The molecule has 1 aromatic heterocycles. The number of amides is 2. The van der Waals surface area contributed by atoms with Crippen LogP contribution >= 0.6 is 0 Å². The molecule has 208 valence electrons. The third kappa shape index (κ3) is 6.14. The lowest BCUT2D eigenvalue weighted by Crippen LogP contribution is -2.58. The molecule has 0 saturated carbocycles. The molecule has 11 nitrogen and oxygen atoms in total. The Bertz CT molecular complexity index is 1480. The lowest BCUT2D eigenvalue weighted by Gasteiger charge is -2.33. The van der Waals surface area contributed by atoms with Crippen molar-refractivity contribution in [1.82, 2.24) is 14.9 Å². The Balaban J connectivity index is 1.73. The predicted molar refractivity (Wildman–Crippen MR) is 140 cm³/mol. The van der Waals surface area contributed by atoms with E-state index in [4.69, 9.17) is 4.42 Å². The van der Waals surface area contributed by atoms with Crippen LogP contribution in [0.4, 0.5) is 4.39 Å². The summed E-state index contributed by atoms with van der Waals surface area (Å²) in [6.45, 7) is 3.82. The molecule has 1 fully saturated rings. The quantitative estimate of drug-likeness (QED) is 0.544. The van der Waals surface area contributed by atoms with E-state index in [0.717, 1.165) is 6.20 Å². The number of furan rings is 1. The van der Waals surface area contributed by atoms with Gasteiger partial charge in [0.05, 0.1) is 6.54 Å². The fourth-order valence-electron chi connectivity index (χ4n) is 4.54. The number of Topliss-reactive ketones (excluding diaryl/α,β-unsaturated/α-hetero) is 2. The van der Waals surface area contributed by atoms with Gasteiger partial charge in [0, 0.05) is 18.0 Å². The number of aliphatic imine (C=N–C) groups is 1. The van der Waals surface area contributed by atoms with Crippen molar-refractivity contribution >= 4 is 49.4 Å². The number of hydrogen-bond donors (Lipinski definition) is 2. The van der Waals surface area contributed by atoms with Crippen molar-refractivity contribution in [2.75, 3.05) is 13.1 Å². The molecule has 2 aromatic rings. The van der Waals surface area contributed by atoms with E-state index < -0.39 is 56.3 Å². The third-order valence-electron chi connectivity index (χ3n) is 6.36. The number of halogens is 1. The van der Waals surface area contributed by atoms with Crippen molar-refractivity contribution in [2.24, 2.45) is 10.9 Å². The predicted octanol–water partition coefficient (Wildman–Crippen LogP) is 2.08. The number of carbonyl (C=O) groups excluding carboxylic acids is 4. The number of hydrogen-bond acceptors (Lipinski definition) is 9. The Morgan fingerprint density at radius 2 is 2.03 bits per heavy atom. The minimum absolute atomic E-state index is 0.0188. The number of sulfonamides is 1. The van der Waals surface area contributed by atoms with Gasteiger partial charge in [-0.05, 0) is 56.0 Å². The zero-order valence-electron chi connectivity index (χ0n) is 21.5. The zero-order chi connectivity index (χ0) is 28.3. The van der Waals surface area contributed by atoms with Crippen LogP contribution in [0.3, 0.4) is 0 Å². The maximum absolute atomic E-state index is 14.0. The molecule has 2 N–H and O–H groups in total. The average molecular weight is 561 g/mol. The molecule has 2 amide bonds. The van der Waals surface area contributed by atoms with Crippen LogP contribution in [-0.4, -0.2) is 66.3 Å². The molecule has 2 aliphatic rings.